The third-order valence-corrected chi connectivity index (χ3v) is 2.96. The highest BCUT2D eigenvalue weighted by Gasteiger charge is 2.09. The van der Waals surface area contributed by atoms with Crippen LogP contribution in [0.1, 0.15) is 11.1 Å². The Labute approximate surface area is 107 Å². The van der Waals surface area contributed by atoms with Gasteiger partial charge in [0.05, 0.1) is 19.6 Å². The molecule has 2 aromatic rings. The Hall–Kier alpha value is -1.81. The number of nitrogens with one attached hydrogen (secondary N) is 1. The molecule has 0 bridgehead atoms. The Morgan fingerprint density at radius 2 is 2.11 bits per heavy atom. The first kappa shape index (κ1) is 12.6. The summed E-state index contributed by atoms with van der Waals surface area (Å²) in [4.78, 5) is 4.21. The second kappa shape index (κ2) is 6.21. The smallest absolute Gasteiger partial charge is 0.212 e. The van der Waals surface area contributed by atoms with Gasteiger partial charge in [0.15, 0.2) is 0 Å². The van der Waals surface area contributed by atoms with Crippen molar-refractivity contribution in [2.45, 2.75) is 18.9 Å². The molecule has 1 unspecified atom stereocenters. The first-order valence-corrected chi connectivity index (χ1v) is 5.99. The topological polar surface area (TPSA) is 47.3 Å². The number of rotatable bonds is 6. The summed E-state index contributed by atoms with van der Waals surface area (Å²) in [6.07, 6.45) is 7.23. The van der Waals surface area contributed by atoms with Crippen LogP contribution in [0.3, 0.4) is 0 Å². The molecule has 0 fully saturated rings. The van der Waals surface area contributed by atoms with E-state index in [9.17, 15) is 0 Å². The molecule has 2 rings (SSSR count). The Morgan fingerprint density at radius 3 is 2.67 bits per heavy atom. The van der Waals surface area contributed by atoms with Crippen molar-refractivity contribution in [1.29, 1.82) is 0 Å². The number of nitrogens with zero attached hydrogens (tertiary/aromatic N) is 1. The van der Waals surface area contributed by atoms with Gasteiger partial charge in [0, 0.05) is 18.3 Å². The summed E-state index contributed by atoms with van der Waals surface area (Å²) in [6, 6.07) is 6.31. The molecule has 96 valence electrons. The first-order chi connectivity index (χ1) is 8.81. The highest BCUT2D eigenvalue weighted by Crippen LogP contribution is 2.11. The molecule has 0 spiro atoms. The van der Waals surface area contributed by atoms with Gasteiger partial charge in [-0.1, -0.05) is 6.07 Å². The zero-order valence-corrected chi connectivity index (χ0v) is 10.7. The quantitative estimate of drug-likeness (QED) is 0.847. The SMILES string of the molecule is CNC(Cc1ccc(OC)nc1)Cc1ccoc1. The number of ether oxygens (including phenoxy) is 1. The normalized spacial score (nSPS) is 12.3. The zero-order valence-electron chi connectivity index (χ0n) is 10.7. The molecule has 1 atom stereocenters. The lowest BCUT2D eigenvalue weighted by molar-refractivity contribution is 0.397. The number of likely N-dealkylation sites (N-methyl/N-ethyl adjacent to an activating group) is 1. The first-order valence-electron chi connectivity index (χ1n) is 5.99. The van der Waals surface area contributed by atoms with Crippen LogP contribution in [-0.4, -0.2) is 25.2 Å². The van der Waals surface area contributed by atoms with Gasteiger partial charge < -0.3 is 14.5 Å². The molecule has 0 saturated heterocycles. The van der Waals surface area contributed by atoms with Crippen LogP contribution in [0.2, 0.25) is 0 Å². The van der Waals surface area contributed by atoms with Gasteiger partial charge in [0.2, 0.25) is 5.88 Å². The van der Waals surface area contributed by atoms with E-state index in [-0.39, 0.29) is 0 Å². The summed E-state index contributed by atoms with van der Waals surface area (Å²) in [5.41, 5.74) is 2.40. The van der Waals surface area contributed by atoms with Gasteiger partial charge in [0.25, 0.3) is 0 Å². The molecule has 0 aliphatic carbocycles. The van der Waals surface area contributed by atoms with Crippen LogP contribution in [0.15, 0.2) is 41.3 Å². The second-order valence-electron chi connectivity index (χ2n) is 4.23. The van der Waals surface area contributed by atoms with Gasteiger partial charge in [-0.2, -0.15) is 0 Å². The molecule has 0 saturated carbocycles. The molecule has 0 aliphatic rings. The van der Waals surface area contributed by atoms with E-state index < -0.39 is 0 Å². The lowest BCUT2D eigenvalue weighted by Crippen LogP contribution is -2.29. The Morgan fingerprint density at radius 1 is 1.28 bits per heavy atom. The third-order valence-electron chi connectivity index (χ3n) is 2.96. The summed E-state index contributed by atoms with van der Waals surface area (Å²) in [5, 5.41) is 3.32. The van der Waals surface area contributed by atoms with E-state index in [0.717, 1.165) is 12.8 Å². The molecule has 0 radical (unpaired) electrons. The molecular weight excluding hydrogens is 228 g/mol. The lowest BCUT2D eigenvalue weighted by Gasteiger charge is -2.15. The van der Waals surface area contributed by atoms with Crippen LogP contribution in [-0.2, 0) is 12.8 Å². The zero-order chi connectivity index (χ0) is 12.8. The number of methoxy groups -OCH3 is 1. The minimum absolute atomic E-state index is 0.373. The maximum absolute atomic E-state index is 5.08. The molecule has 2 aromatic heterocycles. The van der Waals surface area contributed by atoms with Gasteiger partial charge in [-0.3, -0.25) is 0 Å². The van der Waals surface area contributed by atoms with E-state index in [0.29, 0.717) is 11.9 Å². The predicted molar refractivity (Wildman–Crippen MR) is 69.8 cm³/mol. The van der Waals surface area contributed by atoms with E-state index in [2.05, 4.69) is 10.3 Å². The number of hydrogen-bond acceptors (Lipinski definition) is 4. The number of furan rings is 1. The van der Waals surface area contributed by atoms with Crippen LogP contribution in [0.5, 0.6) is 5.88 Å². The minimum Gasteiger partial charge on any atom is -0.481 e. The van der Waals surface area contributed by atoms with Gasteiger partial charge in [-0.15, -0.1) is 0 Å². The summed E-state index contributed by atoms with van der Waals surface area (Å²) < 4.78 is 10.1. The van der Waals surface area contributed by atoms with Crippen molar-refractivity contribution in [3.05, 3.63) is 48.0 Å². The molecule has 4 heteroatoms. The molecule has 4 nitrogen and oxygen atoms in total. The van der Waals surface area contributed by atoms with Gasteiger partial charge in [-0.25, -0.2) is 4.98 Å². The third kappa shape index (κ3) is 3.34. The summed E-state index contributed by atoms with van der Waals surface area (Å²) >= 11 is 0. The Bertz CT molecular complexity index is 451. The largest absolute Gasteiger partial charge is 0.481 e. The fourth-order valence-electron chi connectivity index (χ4n) is 1.91. The van der Waals surface area contributed by atoms with Gasteiger partial charge in [0.1, 0.15) is 0 Å². The van der Waals surface area contributed by atoms with E-state index in [1.54, 1.807) is 19.6 Å². The molecule has 0 amide bonds. The van der Waals surface area contributed by atoms with Crippen molar-refractivity contribution in [3.63, 3.8) is 0 Å². The van der Waals surface area contributed by atoms with E-state index in [1.165, 1.54) is 11.1 Å². The summed E-state index contributed by atoms with van der Waals surface area (Å²) in [6.45, 7) is 0. The number of hydrogen-bond donors (Lipinski definition) is 1. The van der Waals surface area contributed by atoms with Crippen LogP contribution in [0.25, 0.3) is 0 Å². The Balaban J connectivity index is 1.96. The predicted octanol–water partition coefficient (Wildman–Crippen LogP) is 2.06. The average Bonchev–Trinajstić information content (AvgIpc) is 2.91. The van der Waals surface area contributed by atoms with Gasteiger partial charge in [-0.05, 0) is 37.1 Å². The van der Waals surface area contributed by atoms with E-state index in [1.807, 2.05) is 31.4 Å². The molecular formula is C14H18N2O2. The minimum atomic E-state index is 0.373. The van der Waals surface area contributed by atoms with Crippen LogP contribution < -0.4 is 10.1 Å². The van der Waals surface area contributed by atoms with E-state index in [4.69, 9.17) is 9.15 Å². The van der Waals surface area contributed by atoms with Crippen molar-refractivity contribution in [2.75, 3.05) is 14.2 Å². The standard InChI is InChI=1S/C14H18N2O2/c1-15-13(8-12-5-6-18-10-12)7-11-3-4-14(17-2)16-9-11/h3-6,9-10,13,15H,7-8H2,1-2H3. The molecule has 0 aromatic carbocycles. The van der Waals surface area contributed by atoms with Crippen molar-refractivity contribution in [3.8, 4) is 5.88 Å². The van der Waals surface area contributed by atoms with Crippen LogP contribution in [0, 0.1) is 0 Å². The van der Waals surface area contributed by atoms with Crippen molar-refractivity contribution >= 4 is 0 Å². The monoisotopic (exact) mass is 246 g/mol. The Kier molecular flexibility index (Phi) is 4.36. The maximum Gasteiger partial charge on any atom is 0.212 e. The maximum atomic E-state index is 5.08. The number of aromatic nitrogens is 1. The fourth-order valence-corrected chi connectivity index (χ4v) is 1.91. The van der Waals surface area contributed by atoms with Crippen molar-refractivity contribution < 1.29 is 9.15 Å². The van der Waals surface area contributed by atoms with Crippen molar-refractivity contribution in [1.82, 2.24) is 10.3 Å². The lowest BCUT2D eigenvalue weighted by atomic mass is 10.0. The molecule has 18 heavy (non-hydrogen) atoms. The average molecular weight is 246 g/mol. The molecule has 0 aliphatic heterocycles. The van der Waals surface area contributed by atoms with Crippen LogP contribution >= 0.6 is 0 Å². The summed E-state index contributed by atoms with van der Waals surface area (Å²) in [7, 11) is 3.60. The highest BCUT2D eigenvalue weighted by molar-refractivity contribution is 5.19. The molecule has 1 N–H and O–H groups in total. The van der Waals surface area contributed by atoms with Crippen molar-refractivity contribution in [2.24, 2.45) is 0 Å². The highest BCUT2D eigenvalue weighted by atomic mass is 16.5. The van der Waals surface area contributed by atoms with E-state index >= 15 is 0 Å². The summed E-state index contributed by atoms with van der Waals surface area (Å²) in [5.74, 6) is 0.648. The fraction of sp³-hybridized carbons (Fsp3) is 0.357. The van der Waals surface area contributed by atoms with Gasteiger partial charge >= 0.3 is 0 Å². The van der Waals surface area contributed by atoms with Crippen LogP contribution in [0.4, 0.5) is 0 Å². The second-order valence-corrected chi connectivity index (χ2v) is 4.23. The number of pyridine rings is 1. The molecule has 2 heterocycles.